The van der Waals surface area contributed by atoms with Crippen molar-refractivity contribution in [1.29, 1.82) is 0 Å². The Balaban J connectivity index is 2.22. The van der Waals surface area contributed by atoms with Crippen molar-refractivity contribution >= 4 is 5.78 Å². The third kappa shape index (κ3) is 1.18. The molecule has 0 bridgehead atoms. The summed E-state index contributed by atoms with van der Waals surface area (Å²) in [5.74, 6) is 0.417. The Morgan fingerprint density at radius 2 is 2.13 bits per heavy atom. The van der Waals surface area contributed by atoms with Crippen molar-refractivity contribution in [2.45, 2.75) is 13.0 Å². The minimum atomic E-state index is -0.0272. The van der Waals surface area contributed by atoms with Crippen LogP contribution in [0.15, 0.2) is 30.6 Å². The summed E-state index contributed by atoms with van der Waals surface area (Å²) >= 11 is 0. The van der Waals surface area contributed by atoms with E-state index < -0.39 is 0 Å². The topological polar surface area (TPSA) is 47.8 Å². The number of carbonyl (C=O) groups excluding carboxylic acids is 1. The summed E-state index contributed by atoms with van der Waals surface area (Å²) in [7, 11) is 0. The lowest BCUT2D eigenvalue weighted by Gasteiger charge is -2.01. The molecule has 74 valence electrons. The van der Waals surface area contributed by atoms with Crippen LogP contribution in [0.4, 0.5) is 0 Å². The average molecular weight is 199 g/mol. The molecule has 2 aromatic rings. The van der Waals surface area contributed by atoms with Gasteiger partial charge in [-0.25, -0.2) is 0 Å². The highest BCUT2D eigenvalue weighted by atomic mass is 16.1. The van der Waals surface area contributed by atoms with E-state index in [-0.39, 0.29) is 5.78 Å². The lowest BCUT2D eigenvalue weighted by Crippen LogP contribution is -2.08. The largest absolute Gasteiger partial charge is 0.310 e. The maximum atomic E-state index is 12.1. The summed E-state index contributed by atoms with van der Waals surface area (Å²) in [5.41, 5.74) is 1.84. The summed E-state index contributed by atoms with van der Waals surface area (Å²) in [6.45, 7) is 0.769. The van der Waals surface area contributed by atoms with Gasteiger partial charge in [0.15, 0.2) is 0 Å². The summed E-state index contributed by atoms with van der Waals surface area (Å²) in [6.07, 6.45) is 2.46. The number of hydrogen-bond donors (Lipinski definition) is 0. The fourth-order valence-electron chi connectivity index (χ4n) is 1.92. The maximum absolute atomic E-state index is 12.1. The Bertz CT molecular complexity index is 530. The first-order valence-electron chi connectivity index (χ1n) is 4.86. The first-order valence-corrected chi connectivity index (χ1v) is 4.86. The van der Waals surface area contributed by atoms with Gasteiger partial charge in [-0.05, 0) is 12.0 Å². The molecule has 0 unspecified atom stereocenters. The number of ketones is 1. The van der Waals surface area contributed by atoms with Crippen molar-refractivity contribution in [3.05, 3.63) is 47.5 Å². The Labute approximate surface area is 86.6 Å². The Morgan fingerprint density at radius 1 is 1.27 bits per heavy atom. The number of carbonyl (C=O) groups is 1. The summed E-state index contributed by atoms with van der Waals surface area (Å²) < 4.78 is 1.81. The third-order valence-electron chi connectivity index (χ3n) is 2.70. The van der Waals surface area contributed by atoms with Crippen LogP contribution in [0.3, 0.4) is 0 Å². The van der Waals surface area contributed by atoms with Crippen LogP contribution < -0.4 is 0 Å². The maximum Gasteiger partial charge on any atom is 0.230 e. The van der Waals surface area contributed by atoms with Crippen molar-refractivity contribution in [2.24, 2.45) is 0 Å². The molecule has 4 heteroatoms. The molecule has 0 radical (unpaired) electrons. The predicted molar refractivity (Wildman–Crippen MR) is 53.6 cm³/mol. The van der Waals surface area contributed by atoms with Crippen LogP contribution in [0.5, 0.6) is 0 Å². The molecule has 0 fully saturated rings. The van der Waals surface area contributed by atoms with Gasteiger partial charge < -0.3 is 4.57 Å². The quantitative estimate of drug-likeness (QED) is 0.637. The van der Waals surface area contributed by atoms with Gasteiger partial charge in [0.2, 0.25) is 11.6 Å². The zero-order chi connectivity index (χ0) is 10.3. The van der Waals surface area contributed by atoms with Crippen LogP contribution >= 0.6 is 0 Å². The molecule has 1 aromatic heterocycles. The molecule has 1 aromatic carbocycles. The molecule has 0 aliphatic carbocycles. The SMILES string of the molecule is O=C1c2ccccc2CCn2cnnc21. The van der Waals surface area contributed by atoms with Gasteiger partial charge in [-0.1, -0.05) is 24.3 Å². The average Bonchev–Trinajstić information content (AvgIpc) is 2.69. The number of aryl methyl sites for hydroxylation is 2. The molecule has 0 spiro atoms. The number of benzene rings is 1. The fraction of sp³-hybridized carbons (Fsp3) is 0.182. The number of rotatable bonds is 0. The van der Waals surface area contributed by atoms with E-state index >= 15 is 0 Å². The number of hydrogen-bond acceptors (Lipinski definition) is 3. The zero-order valence-electron chi connectivity index (χ0n) is 8.05. The van der Waals surface area contributed by atoms with Gasteiger partial charge in [-0.15, -0.1) is 10.2 Å². The predicted octanol–water partition coefficient (Wildman–Crippen LogP) is 1.07. The fourth-order valence-corrected chi connectivity index (χ4v) is 1.92. The first kappa shape index (κ1) is 8.35. The Kier molecular flexibility index (Phi) is 1.68. The molecule has 0 saturated carbocycles. The molecule has 0 saturated heterocycles. The highest BCUT2D eigenvalue weighted by Crippen LogP contribution is 2.18. The minimum Gasteiger partial charge on any atom is -0.310 e. The standard InChI is InChI=1S/C11H9N3O/c15-10-9-4-2-1-3-8(9)5-6-14-7-12-13-11(10)14/h1-4,7H,5-6H2. The Morgan fingerprint density at radius 3 is 3.07 bits per heavy atom. The van der Waals surface area contributed by atoms with Crippen LogP contribution in [0.2, 0.25) is 0 Å². The van der Waals surface area contributed by atoms with Crippen molar-refractivity contribution in [1.82, 2.24) is 14.8 Å². The van der Waals surface area contributed by atoms with Gasteiger partial charge in [0, 0.05) is 12.1 Å². The molecule has 0 amide bonds. The summed E-state index contributed by atoms with van der Waals surface area (Å²) in [4.78, 5) is 12.1. The minimum absolute atomic E-state index is 0.0272. The van der Waals surface area contributed by atoms with Crippen molar-refractivity contribution in [3.8, 4) is 0 Å². The highest BCUT2D eigenvalue weighted by Gasteiger charge is 2.22. The Hall–Kier alpha value is -1.97. The van der Waals surface area contributed by atoms with Gasteiger partial charge in [0.1, 0.15) is 6.33 Å². The van der Waals surface area contributed by atoms with Crippen molar-refractivity contribution in [2.75, 3.05) is 0 Å². The highest BCUT2D eigenvalue weighted by molar-refractivity contribution is 6.07. The van der Waals surface area contributed by atoms with E-state index in [2.05, 4.69) is 10.2 Å². The smallest absolute Gasteiger partial charge is 0.230 e. The molecule has 4 nitrogen and oxygen atoms in total. The van der Waals surface area contributed by atoms with E-state index in [1.165, 1.54) is 0 Å². The van der Waals surface area contributed by atoms with Crippen LogP contribution in [-0.2, 0) is 13.0 Å². The van der Waals surface area contributed by atoms with E-state index in [1.807, 2.05) is 28.8 Å². The van der Waals surface area contributed by atoms with Crippen molar-refractivity contribution < 1.29 is 4.79 Å². The van der Waals surface area contributed by atoms with E-state index in [4.69, 9.17) is 0 Å². The molecular weight excluding hydrogens is 190 g/mol. The van der Waals surface area contributed by atoms with Crippen LogP contribution in [0, 0.1) is 0 Å². The zero-order valence-corrected chi connectivity index (χ0v) is 8.05. The summed E-state index contributed by atoms with van der Waals surface area (Å²) in [5, 5.41) is 7.62. The molecule has 15 heavy (non-hydrogen) atoms. The molecule has 0 N–H and O–H groups in total. The monoisotopic (exact) mass is 199 g/mol. The van der Waals surface area contributed by atoms with Crippen LogP contribution in [-0.4, -0.2) is 20.5 Å². The van der Waals surface area contributed by atoms with Gasteiger partial charge >= 0.3 is 0 Å². The molecule has 3 rings (SSSR count). The van der Waals surface area contributed by atoms with E-state index in [0.717, 1.165) is 24.1 Å². The number of nitrogens with zero attached hydrogens (tertiary/aromatic N) is 3. The van der Waals surface area contributed by atoms with Gasteiger partial charge in [-0.3, -0.25) is 4.79 Å². The summed E-state index contributed by atoms with van der Waals surface area (Å²) in [6, 6.07) is 7.68. The first-order chi connectivity index (χ1) is 7.36. The molecule has 1 aliphatic rings. The van der Waals surface area contributed by atoms with Crippen LogP contribution in [0.25, 0.3) is 0 Å². The van der Waals surface area contributed by atoms with Gasteiger partial charge in [0.05, 0.1) is 0 Å². The second kappa shape index (κ2) is 3.02. The number of fused-ring (bicyclic) bond motifs is 2. The van der Waals surface area contributed by atoms with Crippen LogP contribution in [0.1, 0.15) is 21.7 Å². The van der Waals surface area contributed by atoms with Gasteiger partial charge in [0.25, 0.3) is 0 Å². The molecule has 2 heterocycles. The molecule has 0 atom stereocenters. The molecule has 1 aliphatic heterocycles. The third-order valence-corrected chi connectivity index (χ3v) is 2.70. The number of aromatic nitrogens is 3. The normalized spacial score (nSPS) is 14.3. The van der Waals surface area contributed by atoms with Gasteiger partial charge in [-0.2, -0.15) is 0 Å². The second-order valence-corrected chi connectivity index (χ2v) is 3.58. The molecular formula is C11H9N3O. The van der Waals surface area contributed by atoms with E-state index in [0.29, 0.717) is 5.82 Å². The lowest BCUT2D eigenvalue weighted by atomic mass is 10.0. The van der Waals surface area contributed by atoms with E-state index in [9.17, 15) is 4.79 Å². The van der Waals surface area contributed by atoms with E-state index in [1.54, 1.807) is 6.33 Å². The lowest BCUT2D eigenvalue weighted by molar-refractivity contribution is 0.102. The second-order valence-electron chi connectivity index (χ2n) is 3.58. The van der Waals surface area contributed by atoms with Crippen molar-refractivity contribution in [3.63, 3.8) is 0 Å².